The predicted octanol–water partition coefficient (Wildman–Crippen LogP) is 2.46. The standard InChI is InChI=1S/C19H27N5O2/c1-14(24-10-5-9-20-24)18(25)23-11-8-15(12-23)13-26-17-7-6-16(21-22-17)19(2,3)4/h5-7,9-10,14-15H,8,11-13H2,1-4H3. The van der Waals surface area contributed by atoms with Crippen molar-refractivity contribution in [3.8, 4) is 5.88 Å². The van der Waals surface area contributed by atoms with Gasteiger partial charge in [0.15, 0.2) is 0 Å². The van der Waals surface area contributed by atoms with Crippen LogP contribution in [0.5, 0.6) is 5.88 Å². The maximum absolute atomic E-state index is 12.6. The normalized spacial score (nSPS) is 18.8. The van der Waals surface area contributed by atoms with E-state index in [1.165, 1.54) is 0 Å². The van der Waals surface area contributed by atoms with Crippen LogP contribution in [0.25, 0.3) is 0 Å². The third-order valence-corrected chi connectivity index (χ3v) is 4.75. The van der Waals surface area contributed by atoms with Crippen LogP contribution in [0.3, 0.4) is 0 Å². The van der Waals surface area contributed by atoms with Gasteiger partial charge in [0.05, 0.1) is 12.3 Å². The van der Waals surface area contributed by atoms with Gasteiger partial charge in [-0.1, -0.05) is 20.8 Å². The SMILES string of the molecule is CC(C(=O)N1CCC(COc2ccc(C(C)(C)C)nn2)C1)n1cccn1. The molecule has 3 heterocycles. The van der Waals surface area contributed by atoms with E-state index in [0.29, 0.717) is 24.9 Å². The van der Waals surface area contributed by atoms with Gasteiger partial charge >= 0.3 is 0 Å². The zero-order valence-corrected chi connectivity index (χ0v) is 15.9. The minimum absolute atomic E-state index is 0.0247. The molecule has 1 amide bonds. The molecule has 0 aliphatic carbocycles. The molecule has 0 aromatic carbocycles. The van der Waals surface area contributed by atoms with Gasteiger partial charge in [0.2, 0.25) is 11.8 Å². The molecule has 1 aliphatic rings. The molecule has 7 heteroatoms. The summed E-state index contributed by atoms with van der Waals surface area (Å²) in [4.78, 5) is 14.5. The molecule has 0 radical (unpaired) electrons. The van der Waals surface area contributed by atoms with Gasteiger partial charge in [-0.25, -0.2) is 0 Å². The van der Waals surface area contributed by atoms with Crippen molar-refractivity contribution in [2.24, 2.45) is 5.92 Å². The number of likely N-dealkylation sites (tertiary alicyclic amines) is 1. The fourth-order valence-electron chi connectivity index (χ4n) is 3.06. The van der Waals surface area contributed by atoms with Gasteiger partial charge < -0.3 is 9.64 Å². The topological polar surface area (TPSA) is 73.1 Å². The van der Waals surface area contributed by atoms with Crippen molar-refractivity contribution in [2.45, 2.75) is 45.6 Å². The van der Waals surface area contributed by atoms with Crippen LogP contribution in [0.1, 0.15) is 45.9 Å². The zero-order chi connectivity index (χ0) is 18.7. The van der Waals surface area contributed by atoms with E-state index >= 15 is 0 Å². The summed E-state index contributed by atoms with van der Waals surface area (Å²) in [6, 6.07) is 5.38. The average Bonchev–Trinajstić information content (AvgIpc) is 3.30. The molecule has 0 saturated carbocycles. The zero-order valence-electron chi connectivity index (χ0n) is 15.9. The summed E-state index contributed by atoms with van der Waals surface area (Å²) in [5, 5.41) is 12.6. The van der Waals surface area contributed by atoms with Crippen LogP contribution in [0.15, 0.2) is 30.6 Å². The van der Waals surface area contributed by atoms with E-state index in [2.05, 4.69) is 36.1 Å². The molecule has 2 aromatic rings. The van der Waals surface area contributed by atoms with E-state index in [0.717, 1.165) is 18.7 Å². The lowest BCUT2D eigenvalue weighted by Crippen LogP contribution is -2.35. The second-order valence-corrected chi connectivity index (χ2v) is 7.92. The first-order chi connectivity index (χ1) is 12.3. The van der Waals surface area contributed by atoms with Crippen molar-refractivity contribution >= 4 is 5.91 Å². The molecule has 2 atom stereocenters. The highest BCUT2D eigenvalue weighted by molar-refractivity contribution is 5.80. The number of hydrogen-bond donors (Lipinski definition) is 0. The first kappa shape index (κ1) is 18.4. The Morgan fingerprint density at radius 1 is 1.35 bits per heavy atom. The fraction of sp³-hybridized carbons (Fsp3) is 0.579. The molecule has 1 aliphatic heterocycles. The van der Waals surface area contributed by atoms with Crippen LogP contribution in [0, 0.1) is 5.92 Å². The van der Waals surface area contributed by atoms with Crippen molar-refractivity contribution < 1.29 is 9.53 Å². The minimum atomic E-state index is -0.277. The number of amides is 1. The Labute approximate surface area is 154 Å². The second kappa shape index (κ2) is 7.43. The number of ether oxygens (including phenoxy) is 1. The molecular formula is C19H27N5O2. The summed E-state index contributed by atoms with van der Waals surface area (Å²) in [6.07, 6.45) is 4.45. The van der Waals surface area contributed by atoms with Gasteiger partial charge in [0.25, 0.3) is 0 Å². The summed E-state index contributed by atoms with van der Waals surface area (Å²) in [5.41, 5.74) is 0.915. The monoisotopic (exact) mass is 357 g/mol. The number of aromatic nitrogens is 4. The predicted molar refractivity (Wildman–Crippen MR) is 97.9 cm³/mol. The Kier molecular flexibility index (Phi) is 5.25. The molecule has 2 unspecified atom stereocenters. The Morgan fingerprint density at radius 2 is 2.15 bits per heavy atom. The van der Waals surface area contributed by atoms with E-state index in [1.54, 1.807) is 10.9 Å². The summed E-state index contributed by atoms with van der Waals surface area (Å²) in [7, 11) is 0. The first-order valence-corrected chi connectivity index (χ1v) is 9.09. The molecule has 1 fully saturated rings. The number of hydrogen-bond acceptors (Lipinski definition) is 5. The first-order valence-electron chi connectivity index (χ1n) is 9.09. The molecule has 140 valence electrons. The Balaban J connectivity index is 1.49. The second-order valence-electron chi connectivity index (χ2n) is 7.92. The van der Waals surface area contributed by atoms with Gasteiger partial charge in [-0.3, -0.25) is 9.48 Å². The van der Waals surface area contributed by atoms with Gasteiger partial charge in [0, 0.05) is 42.9 Å². The highest BCUT2D eigenvalue weighted by Gasteiger charge is 2.30. The van der Waals surface area contributed by atoms with E-state index in [4.69, 9.17) is 4.74 Å². The van der Waals surface area contributed by atoms with Crippen LogP contribution in [-0.2, 0) is 10.2 Å². The number of nitrogens with zero attached hydrogens (tertiary/aromatic N) is 5. The highest BCUT2D eigenvalue weighted by Crippen LogP contribution is 2.22. The van der Waals surface area contributed by atoms with Gasteiger partial charge in [-0.15, -0.1) is 5.10 Å². The van der Waals surface area contributed by atoms with Crippen LogP contribution in [-0.4, -0.2) is 50.5 Å². The lowest BCUT2D eigenvalue weighted by atomic mass is 9.92. The van der Waals surface area contributed by atoms with Crippen LogP contribution in [0.2, 0.25) is 0 Å². The number of carbonyl (C=O) groups excluding carboxylic acids is 1. The highest BCUT2D eigenvalue weighted by atomic mass is 16.5. The Bertz CT molecular complexity index is 721. The molecule has 2 aromatic heterocycles. The maximum Gasteiger partial charge on any atom is 0.247 e. The lowest BCUT2D eigenvalue weighted by Gasteiger charge is -2.21. The van der Waals surface area contributed by atoms with Crippen molar-refractivity contribution in [2.75, 3.05) is 19.7 Å². The van der Waals surface area contributed by atoms with Gasteiger partial charge in [0.1, 0.15) is 6.04 Å². The van der Waals surface area contributed by atoms with Crippen molar-refractivity contribution in [3.05, 3.63) is 36.3 Å². The largest absolute Gasteiger partial charge is 0.476 e. The fourth-order valence-corrected chi connectivity index (χ4v) is 3.06. The smallest absolute Gasteiger partial charge is 0.247 e. The molecule has 3 rings (SSSR count). The molecule has 1 saturated heterocycles. The number of rotatable bonds is 5. The van der Waals surface area contributed by atoms with Crippen LogP contribution >= 0.6 is 0 Å². The molecule has 0 N–H and O–H groups in total. The van der Waals surface area contributed by atoms with Crippen molar-refractivity contribution in [3.63, 3.8) is 0 Å². The van der Waals surface area contributed by atoms with E-state index in [1.807, 2.05) is 36.2 Å². The molecular weight excluding hydrogens is 330 g/mol. The van der Waals surface area contributed by atoms with E-state index < -0.39 is 0 Å². The number of carbonyl (C=O) groups is 1. The summed E-state index contributed by atoms with van der Waals surface area (Å²) in [5.74, 6) is 0.950. The summed E-state index contributed by atoms with van der Waals surface area (Å²) >= 11 is 0. The quantitative estimate of drug-likeness (QED) is 0.822. The van der Waals surface area contributed by atoms with Crippen molar-refractivity contribution in [1.82, 2.24) is 24.9 Å². The molecule has 26 heavy (non-hydrogen) atoms. The minimum Gasteiger partial charge on any atom is -0.476 e. The van der Waals surface area contributed by atoms with Crippen LogP contribution in [0.4, 0.5) is 0 Å². The molecule has 0 bridgehead atoms. The van der Waals surface area contributed by atoms with Crippen LogP contribution < -0.4 is 4.74 Å². The third-order valence-electron chi connectivity index (χ3n) is 4.75. The van der Waals surface area contributed by atoms with E-state index in [-0.39, 0.29) is 17.4 Å². The lowest BCUT2D eigenvalue weighted by molar-refractivity contribution is -0.133. The summed E-state index contributed by atoms with van der Waals surface area (Å²) < 4.78 is 7.48. The maximum atomic E-state index is 12.6. The Hall–Kier alpha value is -2.44. The molecule has 7 nitrogen and oxygen atoms in total. The molecule has 0 spiro atoms. The third kappa shape index (κ3) is 4.20. The van der Waals surface area contributed by atoms with Gasteiger partial charge in [-0.05, 0) is 25.5 Å². The van der Waals surface area contributed by atoms with E-state index in [9.17, 15) is 4.79 Å². The summed E-state index contributed by atoms with van der Waals surface area (Å²) in [6.45, 7) is 10.2. The van der Waals surface area contributed by atoms with Crippen molar-refractivity contribution in [1.29, 1.82) is 0 Å². The van der Waals surface area contributed by atoms with Gasteiger partial charge in [-0.2, -0.15) is 10.2 Å². The Morgan fingerprint density at radius 3 is 2.77 bits per heavy atom. The average molecular weight is 357 g/mol.